The minimum atomic E-state index is -0.948. The van der Waals surface area contributed by atoms with E-state index in [1.807, 2.05) is 12.3 Å². The quantitative estimate of drug-likeness (QED) is 0.872. The van der Waals surface area contributed by atoms with Crippen molar-refractivity contribution in [2.24, 2.45) is 0 Å². The second kappa shape index (κ2) is 6.25. The molecule has 0 aromatic carbocycles. The Morgan fingerprint density at radius 3 is 3.05 bits per heavy atom. The maximum absolute atomic E-state index is 11.9. The number of hydrogen-bond donors (Lipinski definition) is 2. The predicted octanol–water partition coefficient (Wildman–Crippen LogP) is 1.16. The van der Waals surface area contributed by atoms with Gasteiger partial charge in [-0.2, -0.15) is 0 Å². The van der Waals surface area contributed by atoms with E-state index in [-0.39, 0.29) is 6.03 Å². The van der Waals surface area contributed by atoms with Gasteiger partial charge in [-0.1, -0.05) is 0 Å². The fraction of sp³-hybridized carbons (Fsp3) is 0.545. The van der Waals surface area contributed by atoms with Gasteiger partial charge in [0.15, 0.2) is 0 Å². The van der Waals surface area contributed by atoms with Gasteiger partial charge in [0.1, 0.15) is 6.04 Å². The number of urea groups is 1. The van der Waals surface area contributed by atoms with Crippen LogP contribution in [0.25, 0.3) is 0 Å². The van der Waals surface area contributed by atoms with E-state index in [0.29, 0.717) is 24.6 Å². The number of thioether (sulfide) groups is 1. The molecule has 1 aromatic rings. The van der Waals surface area contributed by atoms with Crippen LogP contribution in [0.3, 0.4) is 0 Å². The molecule has 0 radical (unpaired) electrons. The summed E-state index contributed by atoms with van der Waals surface area (Å²) in [5.74, 6) is -0.0659. The van der Waals surface area contributed by atoms with Gasteiger partial charge in [0, 0.05) is 29.8 Å². The van der Waals surface area contributed by atoms with Crippen molar-refractivity contribution < 1.29 is 14.7 Å². The Bertz CT molecular complexity index is 478. The molecule has 1 aromatic heterocycles. The lowest BCUT2D eigenvalue weighted by molar-refractivity contribution is -0.140. The molecular weight excluding hydrogens is 286 g/mol. The molecule has 0 spiro atoms. The Labute approximate surface area is 119 Å². The number of aromatic nitrogens is 1. The first-order valence-corrected chi connectivity index (χ1v) is 7.87. The molecule has 8 heteroatoms. The van der Waals surface area contributed by atoms with Crippen LogP contribution in [0.2, 0.25) is 0 Å². The van der Waals surface area contributed by atoms with Gasteiger partial charge in [0.25, 0.3) is 0 Å². The van der Waals surface area contributed by atoms with E-state index in [1.165, 1.54) is 16.7 Å². The number of carbonyl (C=O) groups excluding carboxylic acids is 1. The van der Waals surface area contributed by atoms with Gasteiger partial charge in [-0.3, -0.25) is 0 Å². The van der Waals surface area contributed by atoms with Crippen LogP contribution in [0, 0.1) is 6.92 Å². The molecule has 19 heavy (non-hydrogen) atoms. The van der Waals surface area contributed by atoms with Crippen molar-refractivity contribution in [1.82, 2.24) is 15.2 Å². The number of nitrogens with zero attached hydrogens (tertiary/aromatic N) is 2. The second-order valence-corrected chi connectivity index (χ2v) is 6.13. The number of amides is 2. The first-order valence-electron chi connectivity index (χ1n) is 5.84. The van der Waals surface area contributed by atoms with Crippen molar-refractivity contribution >= 4 is 35.1 Å². The SMILES string of the molecule is Cc1csc(CCNC(=O)N2CSC[C@H]2C(=O)O)n1. The van der Waals surface area contributed by atoms with Crippen LogP contribution >= 0.6 is 23.1 Å². The standard InChI is InChI=1S/C11H15N3O3S2/c1-7-4-19-9(13-7)2-3-12-11(17)14-6-18-5-8(14)10(15)16/h4,8H,2-3,5-6H2,1H3,(H,12,17)(H,15,16)/t8-/m0/s1. The molecule has 1 fully saturated rings. The summed E-state index contributed by atoms with van der Waals surface area (Å²) in [4.78, 5) is 28.5. The summed E-state index contributed by atoms with van der Waals surface area (Å²) < 4.78 is 0. The average Bonchev–Trinajstić information content (AvgIpc) is 2.97. The minimum Gasteiger partial charge on any atom is -0.480 e. The van der Waals surface area contributed by atoms with E-state index < -0.39 is 12.0 Å². The number of aryl methyl sites for hydroxylation is 1. The highest BCUT2D eigenvalue weighted by Crippen LogP contribution is 2.20. The summed E-state index contributed by atoms with van der Waals surface area (Å²) >= 11 is 3.02. The number of nitrogens with one attached hydrogen (secondary N) is 1. The molecule has 2 heterocycles. The van der Waals surface area contributed by atoms with Crippen molar-refractivity contribution in [3.8, 4) is 0 Å². The second-order valence-electron chi connectivity index (χ2n) is 4.19. The number of rotatable bonds is 4. The topological polar surface area (TPSA) is 82.5 Å². The Morgan fingerprint density at radius 2 is 2.42 bits per heavy atom. The van der Waals surface area contributed by atoms with Crippen molar-refractivity contribution in [1.29, 1.82) is 0 Å². The summed E-state index contributed by atoms with van der Waals surface area (Å²) in [6.07, 6.45) is 0.670. The van der Waals surface area contributed by atoms with Gasteiger partial charge in [-0.05, 0) is 6.92 Å². The molecule has 1 aliphatic heterocycles. The van der Waals surface area contributed by atoms with Gasteiger partial charge in [-0.15, -0.1) is 23.1 Å². The Balaban J connectivity index is 1.79. The van der Waals surface area contributed by atoms with E-state index in [2.05, 4.69) is 10.3 Å². The van der Waals surface area contributed by atoms with Gasteiger partial charge >= 0.3 is 12.0 Å². The Kier molecular flexibility index (Phi) is 4.65. The first kappa shape index (κ1) is 14.1. The number of aliphatic carboxylic acids is 1. The van der Waals surface area contributed by atoms with E-state index in [0.717, 1.165) is 10.7 Å². The Hall–Kier alpha value is -1.28. The predicted molar refractivity (Wildman–Crippen MR) is 74.5 cm³/mol. The normalized spacial score (nSPS) is 18.6. The molecule has 104 valence electrons. The third-order valence-corrected chi connectivity index (χ3v) is 4.75. The van der Waals surface area contributed by atoms with Crippen LogP contribution < -0.4 is 5.32 Å². The summed E-state index contributed by atoms with van der Waals surface area (Å²) in [6, 6.07) is -1.03. The molecule has 2 rings (SSSR count). The van der Waals surface area contributed by atoms with Gasteiger partial charge in [0.2, 0.25) is 0 Å². The monoisotopic (exact) mass is 301 g/mol. The van der Waals surface area contributed by atoms with E-state index in [4.69, 9.17) is 5.11 Å². The lowest BCUT2D eigenvalue weighted by Gasteiger charge is -2.20. The van der Waals surface area contributed by atoms with Gasteiger partial charge in [0.05, 0.1) is 10.9 Å². The van der Waals surface area contributed by atoms with Crippen LogP contribution in [0.5, 0.6) is 0 Å². The molecule has 2 amide bonds. The zero-order valence-corrected chi connectivity index (χ0v) is 12.1. The average molecular weight is 301 g/mol. The van der Waals surface area contributed by atoms with Crippen molar-refractivity contribution in [3.05, 3.63) is 16.1 Å². The highest BCUT2D eigenvalue weighted by atomic mass is 32.2. The molecule has 1 aliphatic rings. The largest absolute Gasteiger partial charge is 0.480 e. The molecule has 6 nitrogen and oxygen atoms in total. The van der Waals surface area contributed by atoms with Crippen LogP contribution in [-0.4, -0.2) is 51.2 Å². The lowest BCUT2D eigenvalue weighted by Crippen LogP contribution is -2.47. The molecule has 0 unspecified atom stereocenters. The van der Waals surface area contributed by atoms with Crippen molar-refractivity contribution in [3.63, 3.8) is 0 Å². The molecule has 0 aliphatic carbocycles. The van der Waals surface area contributed by atoms with Crippen LogP contribution in [0.1, 0.15) is 10.7 Å². The van der Waals surface area contributed by atoms with Crippen molar-refractivity contribution in [2.45, 2.75) is 19.4 Å². The smallest absolute Gasteiger partial charge is 0.327 e. The molecular formula is C11H15N3O3S2. The minimum absolute atomic E-state index is 0.314. The van der Waals surface area contributed by atoms with E-state index in [1.54, 1.807) is 11.3 Å². The number of carboxylic acids is 1. The lowest BCUT2D eigenvalue weighted by atomic mass is 10.3. The maximum atomic E-state index is 11.9. The first-order chi connectivity index (χ1) is 9.08. The van der Waals surface area contributed by atoms with E-state index in [9.17, 15) is 9.59 Å². The molecule has 0 bridgehead atoms. The highest BCUT2D eigenvalue weighted by molar-refractivity contribution is 7.99. The van der Waals surface area contributed by atoms with Crippen molar-refractivity contribution in [2.75, 3.05) is 18.2 Å². The number of carboxylic acid groups (broad SMARTS) is 1. The summed E-state index contributed by atoms with van der Waals surface area (Å²) in [5, 5.41) is 14.7. The summed E-state index contributed by atoms with van der Waals surface area (Å²) in [6.45, 7) is 2.40. The molecule has 1 saturated heterocycles. The van der Waals surface area contributed by atoms with Gasteiger partial charge < -0.3 is 15.3 Å². The highest BCUT2D eigenvalue weighted by Gasteiger charge is 2.34. The number of carbonyl (C=O) groups is 2. The fourth-order valence-electron chi connectivity index (χ4n) is 1.74. The summed E-state index contributed by atoms with van der Waals surface area (Å²) in [5.41, 5.74) is 0.980. The summed E-state index contributed by atoms with van der Waals surface area (Å²) in [7, 11) is 0. The molecule has 1 atom stereocenters. The van der Waals surface area contributed by atoms with E-state index >= 15 is 0 Å². The zero-order chi connectivity index (χ0) is 13.8. The fourth-order valence-corrected chi connectivity index (χ4v) is 3.66. The van der Waals surface area contributed by atoms with Gasteiger partial charge in [-0.25, -0.2) is 14.6 Å². The maximum Gasteiger partial charge on any atom is 0.327 e. The third kappa shape index (κ3) is 3.60. The van der Waals surface area contributed by atoms with Crippen LogP contribution in [-0.2, 0) is 11.2 Å². The Morgan fingerprint density at radius 1 is 1.63 bits per heavy atom. The van der Waals surface area contributed by atoms with Crippen LogP contribution in [0.15, 0.2) is 5.38 Å². The molecule has 0 saturated carbocycles. The number of thiazole rings is 1. The number of hydrogen-bond acceptors (Lipinski definition) is 5. The van der Waals surface area contributed by atoms with Crippen LogP contribution in [0.4, 0.5) is 4.79 Å². The zero-order valence-electron chi connectivity index (χ0n) is 10.5. The third-order valence-electron chi connectivity index (χ3n) is 2.71. The molecule has 2 N–H and O–H groups in total.